The summed E-state index contributed by atoms with van der Waals surface area (Å²) in [6.07, 6.45) is 0.104. The van der Waals surface area contributed by atoms with E-state index in [1.165, 1.54) is 11.1 Å². The lowest BCUT2D eigenvalue weighted by atomic mass is 10.0. The van der Waals surface area contributed by atoms with Gasteiger partial charge < -0.3 is 19.9 Å². The molecule has 0 bridgehead atoms. The molecule has 0 spiro atoms. The number of rotatable bonds is 4. The minimum Gasteiger partial charge on any atom is -0.370 e. The second-order valence-electron chi connectivity index (χ2n) is 7.75. The van der Waals surface area contributed by atoms with Crippen LogP contribution in [0.2, 0.25) is 0 Å². The highest BCUT2D eigenvalue weighted by molar-refractivity contribution is 5.80. The molecule has 2 saturated heterocycles. The molecule has 3 rings (SSSR count). The highest BCUT2D eigenvalue weighted by Gasteiger charge is 2.26. The number of aryl methyl sites for hydroxylation is 1. The van der Waals surface area contributed by atoms with Crippen molar-refractivity contribution in [2.24, 2.45) is 4.99 Å². The smallest absolute Gasteiger partial charge is 0.194 e. The van der Waals surface area contributed by atoms with E-state index < -0.39 is 0 Å². The molecule has 0 amide bonds. The fourth-order valence-electron chi connectivity index (χ4n) is 3.89. The number of ether oxygens (including phenoxy) is 1. The van der Waals surface area contributed by atoms with Crippen LogP contribution in [0.15, 0.2) is 29.3 Å². The second kappa shape index (κ2) is 9.53. The summed E-state index contributed by atoms with van der Waals surface area (Å²) in [6.45, 7) is 11.8. The van der Waals surface area contributed by atoms with Gasteiger partial charge in [0, 0.05) is 38.8 Å². The monoisotopic (exact) mass is 373 g/mol. The quantitative estimate of drug-likeness (QED) is 0.641. The zero-order chi connectivity index (χ0) is 19.2. The molecule has 2 aliphatic heterocycles. The number of piperazine rings is 1. The third-order valence-corrected chi connectivity index (χ3v) is 5.67. The number of benzene rings is 1. The minimum absolute atomic E-state index is 0.104. The number of nitrogens with one attached hydrogen (secondary N) is 1. The second-order valence-corrected chi connectivity index (χ2v) is 7.75. The van der Waals surface area contributed by atoms with Crippen LogP contribution < -0.4 is 5.32 Å². The zero-order valence-corrected chi connectivity index (χ0v) is 17.3. The van der Waals surface area contributed by atoms with E-state index in [9.17, 15) is 0 Å². The van der Waals surface area contributed by atoms with Crippen LogP contribution in [0.1, 0.15) is 24.2 Å². The lowest BCUT2D eigenvalue weighted by Crippen LogP contribution is -2.52. The molecule has 2 fully saturated rings. The van der Waals surface area contributed by atoms with Gasteiger partial charge in [-0.05, 0) is 39.1 Å². The van der Waals surface area contributed by atoms with Crippen molar-refractivity contribution >= 4 is 5.96 Å². The summed E-state index contributed by atoms with van der Waals surface area (Å²) in [7, 11) is 4.41. The Balaban J connectivity index is 1.69. The van der Waals surface area contributed by atoms with E-state index in [0.717, 1.165) is 58.4 Å². The van der Waals surface area contributed by atoms with Crippen LogP contribution in [0.5, 0.6) is 0 Å². The topological polar surface area (TPSA) is 43.3 Å². The van der Waals surface area contributed by atoms with Crippen molar-refractivity contribution in [1.29, 1.82) is 0 Å². The molecule has 0 radical (unpaired) electrons. The molecular weight excluding hydrogens is 338 g/mol. The first-order chi connectivity index (χ1) is 13.1. The lowest BCUT2D eigenvalue weighted by molar-refractivity contribution is -0.00840. The van der Waals surface area contributed by atoms with E-state index in [4.69, 9.17) is 9.73 Å². The Morgan fingerprint density at radius 2 is 2.00 bits per heavy atom. The summed E-state index contributed by atoms with van der Waals surface area (Å²) in [5.41, 5.74) is 2.57. The van der Waals surface area contributed by atoms with Crippen LogP contribution in [0.4, 0.5) is 0 Å². The first-order valence-electron chi connectivity index (χ1n) is 10.2. The molecule has 6 nitrogen and oxygen atoms in total. The largest absolute Gasteiger partial charge is 0.370 e. The Kier molecular flexibility index (Phi) is 7.10. The number of hydrogen-bond donors (Lipinski definition) is 1. The SMILES string of the molecule is CCNC(=NCC1CN(C)CCN1C)N1CCOC(c2ccccc2C)C1. The van der Waals surface area contributed by atoms with Gasteiger partial charge in [-0.1, -0.05) is 24.3 Å². The van der Waals surface area contributed by atoms with Crippen LogP contribution in [-0.4, -0.2) is 93.2 Å². The molecule has 27 heavy (non-hydrogen) atoms. The number of morpholine rings is 1. The summed E-state index contributed by atoms with van der Waals surface area (Å²) >= 11 is 0. The van der Waals surface area contributed by atoms with Gasteiger partial charge >= 0.3 is 0 Å². The van der Waals surface area contributed by atoms with Crippen molar-refractivity contribution in [3.05, 3.63) is 35.4 Å². The number of nitrogens with zero attached hydrogens (tertiary/aromatic N) is 4. The molecule has 150 valence electrons. The third kappa shape index (κ3) is 5.21. The third-order valence-electron chi connectivity index (χ3n) is 5.67. The summed E-state index contributed by atoms with van der Waals surface area (Å²) < 4.78 is 6.09. The first-order valence-corrected chi connectivity index (χ1v) is 10.2. The van der Waals surface area contributed by atoms with Gasteiger partial charge in [0.15, 0.2) is 5.96 Å². The van der Waals surface area contributed by atoms with Crippen molar-refractivity contribution < 1.29 is 4.74 Å². The first kappa shape index (κ1) is 20.1. The molecule has 2 aliphatic rings. The molecule has 2 unspecified atom stereocenters. The van der Waals surface area contributed by atoms with Gasteiger partial charge in [0.05, 0.1) is 19.7 Å². The Morgan fingerprint density at radius 1 is 1.19 bits per heavy atom. The molecular formula is C21H35N5O. The van der Waals surface area contributed by atoms with Gasteiger partial charge in [0.1, 0.15) is 6.10 Å². The summed E-state index contributed by atoms with van der Waals surface area (Å²) in [4.78, 5) is 12.2. The Morgan fingerprint density at radius 3 is 2.78 bits per heavy atom. The van der Waals surface area contributed by atoms with Crippen molar-refractivity contribution in [3.63, 3.8) is 0 Å². The summed E-state index contributed by atoms with van der Waals surface area (Å²) in [6, 6.07) is 9.00. The van der Waals surface area contributed by atoms with Gasteiger partial charge in [0.25, 0.3) is 0 Å². The van der Waals surface area contributed by atoms with E-state index in [1.807, 2.05) is 0 Å². The molecule has 1 aromatic rings. The normalized spacial score (nSPS) is 25.6. The van der Waals surface area contributed by atoms with E-state index in [2.05, 4.69) is 72.2 Å². The fourth-order valence-corrected chi connectivity index (χ4v) is 3.89. The Bertz CT molecular complexity index is 635. The highest BCUT2D eigenvalue weighted by atomic mass is 16.5. The lowest BCUT2D eigenvalue weighted by Gasteiger charge is -2.38. The van der Waals surface area contributed by atoms with Gasteiger partial charge in [0.2, 0.25) is 0 Å². The number of aliphatic imine (C=N–C) groups is 1. The van der Waals surface area contributed by atoms with Crippen LogP contribution in [-0.2, 0) is 4.74 Å². The summed E-state index contributed by atoms with van der Waals surface area (Å²) in [5.74, 6) is 1.01. The van der Waals surface area contributed by atoms with Gasteiger partial charge in [-0.2, -0.15) is 0 Å². The zero-order valence-electron chi connectivity index (χ0n) is 17.3. The maximum absolute atomic E-state index is 6.09. The van der Waals surface area contributed by atoms with Gasteiger partial charge in [-0.25, -0.2) is 0 Å². The van der Waals surface area contributed by atoms with Gasteiger partial charge in [-0.3, -0.25) is 9.89 Å². The molecule has 1 N–H and O–H groups in total. The maximum Gasteiger partial charge on any atom is 0.194 e. The highest BCUT2D eigenvalue weighted by Crippen LogP contribution is 2.25. The van der Waals surface area contributed by atoms with Crippen LogP contribution in [0, 0.1) is 6.92 Å². The molecule has 1 aromatic carbocycles. The summed E-state index contributed by atoms with van der Waals surface area (Å²) in [5, 5.41) is 3.49. The number of likely N-dealkylation sites (N-methyl/N-ethyl adjacent to an activating group) is 2. The standard InChI is InChI=1S/C21H35N5O/c1-5-22-21(23-14-18-15-24(3)10-11-25(18)4)26-12-13-27-20(16-26)19-9-7-6-8-17(19)2/h6-9,18,20H,5,10-16H2,1-4H3,(H,22,23). The van der Waals surface area contributed by atoms with Crippen molar-refractivity contribution in [1.82, 2.24) is 20.0 Å². The minimum atomic E-state index is 0.104. The van der Waals surface area contributed by atoms with E-state index in [-0.39, 0.29) is 6.10 Å². The predicted octanol–water partition coefficient (Wildman–Crippen LogP) is 1.58. The van der Waals surface area contributed by atoms with Gasteiger partial charge in [-0.15, -0.1) is 0 Å². The average Bonchev–Trinajstić information content (AvgIpc) is 2.68. The fraction of sp³-hybridized carbons (Fsp3) is 0.667. The maximum atomic E-state index is 6.09. The van der Waals surface area contributed by atoms with Crippen LogP contribution >= 0.6 is 0 Å². The van der Waals surface area contributed by atoms with Crippen LogP contribution in [0.3, 0.4) is 0 Å². The van der Waals surface area contributed by atoms with Crippen molar-refractivity contribution in [2.45, 2.75) is 26.0 Å². The molecule has 6 heteroatoms. The van der Waals surface area contributed by atoms with E-state index >= 15 is 0 Å². The average molecular weight is 374 g/mol. The molecule has 0 saturated carbocycles. The van der Waals surface area contributed by atoms with Crippen LogP contribution in [0.25, 0.3) is 0 Å². The molecule has 2 heterocycles. The van der Waals surface area contributed by atoms with Crippen molar-refractivity contribution in [3.8, 4) is 0 Å². The predicted molar refractivity (Wildman–Crippen MR) is 111 cm³/mol. The Hall–Kier alpha value is -1.63. The Labute approximate surface area is 164 Å². The molecule has 2 atom stereocenters. The molecule has 0 aromatic heterocycles. The van der Waals surface area contributed by atoms with E-state index in [1.54, 1.807) is 0 Å². The molecule has 0 aliphatic carbocycles. The number of hydrogen-bond acceptors (Lipinski definition) is 4. The van der Waals surface area contributed by atoms with Crippen molar-refractivity contribution in [2.75, 3.05) is 66.5 Å². The van der Waals surface area contributed by atoms with E-state index in [0.29, 0.717) is 6.04 Å². The number of guanidine groups is 1.